The highest BCUT2D eigenvalue weighted by Crippen LogP contribution is 2.48. The van der Waals surface area contributed by atoms with Crippen molar-refractivity contribution in [2.24, 2.45) is 18.4 Å². The first-order chi connectivity index (χ1) is 9.56. The van der Waals surface area contributed by atoms with Crippen molar-refractivity contribution in [3.63, 3.8) is 0 Å². The molecule has 0 spiro atoms. The van der Waals surface area contributed by atoms with Gasteiger partial charge in [0.15, 0.2) is 0 Å². The molecule has 1 aromatic heterocycles. The second-order valence-electron chi connectivity index (χ2n) is 6.08. The van der Waals surface area contributed by atoms with Gasteiger partial charge in [0.2, 0.25) is 0 Å². The van der Waals surface area contributed by atoms with E-state index in [0.29, 0.717) is 5.92 Å². The predicted octanol–water partition coefficient (Wildman–Crippen LogP) is 3.13. The summed E-state index contributed by atoms with van der Waals surface area (Å²) in [7, 11) is 1.86. The summed E-state index contributed by atoms with van der Waals surface area (Å²) in [6, 6.07) is 2.43. The molecule has 1 aromatic rings. The van der Waals surface area contributed by atoms with Crippen LogP contribution in [0.15, 0.2) is 6.20 Å². The van der Waals surface area contributed by atoms with Crippen LogP contribution in [0.25, 0.3) is 0 Å². The minimum atomic E-state index is -0.714. The number of hydrogen-bond donors (Lipinski definition) is 1. The number of aliphatic hydroxyl groups excluding tert-OH is 1. The standard InChI is InChI=1S/C16H25N3O/c1-4-12-6-8-16(11-17,9-7-12)15(20)13-10-19(3)18-14(13)5-2/h10,12,15,20H,4-9H2,1-3H3. The SMILES string of the molecule is CCc1nn(C)cc1C(O)C1(C#N)CCC(CC)CC1. The largest absolute Gasteiger partial charge is 0.387 e. The van der Waals surface area contributed by atoms with Gasteiger partial charge in [0.25, 0.3) is 0 Å². The first-order valence-electron chi connectivity index (χ1n) is 7.68. The van der Waals surface area contributed by atoms with Gasteiger partial charge in [0, 0.05) is 18.8 Å². The summed E-state index contributed by atoms with van der Waals surface area (Å²) >= 11 is 0. The zero-order valence-electron chi connectivity index (χ0n) is 12.8. The second-order valence-corrected chi connectivity index (χ2v) is 6.08. The molecule has 0 saturated heterocycles. The lowest BCUT2D eigenvalue weighted by molar-refractivity contribution is 0.0237. The Balaban J connectivity index is 2.25. The van der Waals surface area contributed by atoms with Crippen molar-refractivity contribution in [2.45, 2.75) is 58.5 Å². The molecule has 4 heteroatoms. The summed E-state index contributed by atoms with van der Waals surface area (Å²) in [6.45, 7) is 4.24. The van der Waals surface area contributed by atoms with Crippen LogP contribution in [0.4, 0.5) is 0 Å². The van der Waals surface area contributed by atoms with Gasteiger partial charge in [0.05, 0.1) is 17.2 Å². The Morgan fingerprint density at radius 1 is 1.50 bits per heavy atom. The Hall–Kier alpha value is -1.34. The molecule has 20 heavy (non-hydrogen) atoms. The van der Waals surface area contributed by atoms with Crippen molar-refractivity contribution in [2.75, 3.05) is 0 Å². The molecule has 0 radical (unpaired) electrons. The number of aryl methyl sites for hydroxylation is 2. The van der Waals surface area contributed by atoms with Gasteiger partial charge in [-0.3, -0.25) is 4.68 Å². The molecule has 0 aromatic carbocycles. The quantitative estimate of drug-likeness (QED) is 0.918. The number of aromatic nitrogens is 2. The van der Waals surface area contributed by atoms with Crippen LogP contribution in [0.5, 0.6) is 0 Å². The molecule has 0 amide bonds. The van der Waals surface area contributed by atoms with E-state index in [-0.39, 0.29) is 0 Å². The zero-order chi connectivity index (χ0) is 14.8. The van der Waals surface area contributed by atoms with Crippen LogP contribution >= 0.6 is 0 Å². The smallest absolute Gasteiger partial charge is 0.101 e. The summed E-state index contributed by atoms with van der Waals surface area (Å²) in [5, 5.41) is 24.9. The van der Waals surface area contributed by atoms with Crippen LogP contribution in [-0.4, -0.2) is 14.9 Å². The molecule has 0 aliphatic heterocycles. The molecule has 1 saturated carbocycles. The van der Waals surface area contributed by atoms with Gasteiger partial charge >= 0.3 is 0 Å². The summed E-state index contributed by atoms with van der Waals surface area (Å²) < 4.78 is 1.74. The van der Waals surface area contributed by atoms with E-state index in [1.807, 2.05) is 20.2 Å². The Labute approximate surface area is 121 Å². The lowest BCUT2D eigenvalue weighted by atomic mass is 9.66. The molecule has 1 aliphatic carbocycles. The number of hydrogen-bond acceptors (Lipinski definition) is 3. The van der Waals surface area contributed by atoms with Gasteiger partial charge in [-0.05, 0) is 38.0 Å². The number of rotatable bonds is 4. The van der Waals surface area contributed by atoms with Crippen molar-refractivity contribution in [1.29, 1.82) is 5.26 Å². The van der Waals surface area contributed by atoms with E-state index in [4.69, 9.17) is 0 Å². The Morgan fingerprint density at radius 2 is 2.15 bits per heavy atom. The summed E-state index contributed by atoms with van der Waals surface area (Å²) in [5.74, 6) is 0.711. The van der Waals surface area contributed by atoms with Gasteiger partial charge in [0.1, 0.15) is 6.10 Å². The summed E-state index contributed by atoms with van der Waals surface area (Å²) in [5.41, 5.74) is 1.12. The molecule has 1 aliphatic rings. The fourth-order valence-electron chi connectivity index (χ4n) is 3.40. The van der Waals surface area contributed by atoms with E-state index < -0.39 is 11.5 Å². The molecular weight excluding hydrogens is 250 g/mol. The monoisotopic (exact) mass is 275 g/mol. The van der Waals surface area contributed by atoms with Crippen molar-refractivity contribution in [3.05, 3.63) is 17.5 Å². The highest BCUT2D eigenvalue weighted by atomic mass is 16.3. The second kappa shape index (κ2) is 5.97. The maximum atomic E-state index is 10.8. The maximum Gasteiger partial charge on any atom is 0.101 e. The molecule has 1 N–H and O–H groups in total. The van der Waals surface area contributed by atoms with Gasteiger partial charge in [-0.25, -0.2) is 0 Å². The number of aliphatic hydroxyl groups is 1. The third-order valence-corrected chi connectivity index (χ3v) is 4.89. The molecule has 1 fully saturated rings. The van der Waals surface area contributed by atoms with Gasteiger partial charge in [-0.15, -0.1) is 0 Å². The minimum absolute atomic E-state index is 0.626. The van der Waals surface area contributed by atoms with Crippen LogP contribution in [0.1, 0.15) is 63.3 Å². The highest BCUT2D eigenvalue weighted by Gasteiger charge is 2.43. The molecule has 1 heterocycles. The first kappa shape index (κ1) is 15.1. The van der Waals surface area contributed by atoms with E-state index in [9.17, 15) is 10.4 Å². The van der Waals surface area contributed by atoms with Crippen LogP contribution in [0.2, 0.25) is 0 Å². The Kier molecular flexibility index (Phi) is 4.49. The summed E-state index contributed by atoms with van der Waals surface area (Å²) in [4.78, 5) is 0. The molecule has 4 nitrogen and oxygen atoms in total. The van der Waals surface area contributed by atoms with E-state index in [1.165, 1.54) is 6.42 Å². The van der Waals surface area contributed by atoms with Crippen molar-refractivity contribution >= 4 is 0 Å². The minimum Gasteiger partial charge on any atom is -0.387 e. The molecule has 2 rings (SSSR count). The van der Waals surface area contributed by atoms with Crippen LogP contribution in [0, 0.1) is 22.7 Å². The fourth-order valence-corrected chi connectivity index (χ4v) is 3.40. The van der Waals surface area contributed by atoms with E-state index in [0.717, 1.165) is 43.4 Å². The normalized spacial score (nSPS) is 28.1. The fraction of sp³-hybridized carbons (Fsp3) is 0.750. The van der Waals surface area contributed by atoms with E-state index in [1.54, 1.807) is 4.68 Å². The number of nitrogens with zero attached hydrogens (tertiary/aromatic N) is 3. The molecule has 0 bridgehead atoms. The maximum absolute atomic E-state index is 10.8. The molecule has 110 valence electrons. The summed E-state index contributed by atoms with van der Waals surface area (Å²) in [6.07, 6.45) is 6.79. The highest BCUT2D eigenvalue weighted by molar-refractivity contribution is 5.25. The van der Waals surface area contributed by atoms with Crippen LogP contribution in [0.3, 0.4) is 0 Å². The van der Waals surface area contributed by atoms with Crippen LogP contribution in [-0.2, 0) is 13.5 Å². The topological polar surface area (TPSA) is 61.8 Å². The average Bonchev–Trinajstić information content (AvgIpc) is 2.87. The third-order valence-electron chi connectivity index (χ3n) is 4.89. The van der Waals surface area contributed by atoms with Gasteiger partial charge in [-0.2, -0.15) is 10.4 Å². The van der Waals surface area contributed by atoms with Crippen molar-refractivity contribution < 1.29 is 5.11 Å². The van der Waals surface area contributed by atoms with Crippen molar-refractivity contribution in [3.8, 4) is 6.07 Å². The van der Waals surface area contributed by atoms with Crippen molar-refractivity contribution in [1.82, 2.24) is 9.78 Å². The molecule has 1 atom stereocenters. The van der Waals surface area contributed by atoms with Gasteiger partial charge < -0.3 is 5.11 Å². The third kappa shape index (κ3) is 2.60. The molecule has 1 unspecified atom stereocenters. The first-order valence-corrected chi connectivity index (χ1v) is 7.68. The van der Waals surface area contributed by atoms with Crippen LogP contribution < -0.4 is 0 Å². The predicted molar refractivity (Wildman–Crippen MR) is 77.8 cm³/mol. The van der Waals surface area contributed by atoms with E-state index in [2.05, 4.69) is 18.1 Å². The van der Waals surface area contributed by atoms with Gasteiger partial charge in [-0.1, -0.05) is 20.3 Å². The van der Waals surface area contributed by atoms with E-state index >= 15 is 0 Å². The molecular formula is C16H25N3O. The Morgan fingerprint density at radius 3 is 2.65 bits per heavy atom. The lowest BCUT2D eigenvalue weighted by Crippen LogP contribution is -2.32. The zero-order valence-corrected chi connectivity index (χ0v) is 12.8. The number of nitriles is 1. The Bertz CT molecular complexity index is 492. The lowest BCUT2D eigenvalue weighted by Gasteiger charge is -2.38. The average molecular weight is 275 g/mol.